The number of aromatic amines is 1. The number of aromatic nitrogens is 2. The number of H-pyrrole nitrogens is 1. The highest BCUT2D eigenvalue weighted by Gasteiger charge is 2.23. The minimum atomic E-state index is -3.72. The van der Waals surface area contributed by atoms with Crippen molar-refractivity contribution in [1.29, 1.82) is 0 Å². The van der Waals surface area contributed by atoms with E-state index in [1.807, 2.05) is 12.1 Å². The Kier molecular flexibility index (Phi) is 6.45. The lowest BCUT2D eigenvalue weighted by molar-refractivity contribution is 0.0946. The Bertz CT molecular complexity index is 1160. The lowest BCUT2D eigenvalue weighted by Gasteiger charge is -2.15. The number of amides is 1. The van der Waals surface area contributed by atoms with Crippen LogP contribution in [0.1, 0.15) is 16.1 Å². The van der Waals surface area contributed by atoms with E-state index >= 15 is 0 Å². The summed E-state index contributed by atoms with van der Waals surface area (Å²) in [6.45, 7) is 0.331. The molecule has 0 saturated heterocycles. The van der Waals surface area contributed by atoms with Crippen molar-refractivity contribution in [1.82, 2.24) is 19.8 Å². The number of carbonyl (C=O) groups is 1. The van der Waals surface area contributed by atoms with Crippen LogP contribution in [0.3, 0.4) is 0 Å². The molecule has 8 nitrogen and oxygen atoms in total. The summed E-state index contributed by atoms with van der Waals surface area (Å²) in [6, 6.07) is 13.4. The Labute approximate surface area is 179 Å². The topological polar surface area (TPSA) is 104 Å². The molecule has 2 N–H and O–H groups in total. The number of carbonyl (C=O) groups excluding carboxylic acids is 1. The number of hydrogen-bond donors (Lipinski definition) is 2. The first-order valence-electron chi connectivity index (χ1n) is 8.91. The molecule has 3 aromatic rings. The minimum Gasteiger partial charge on any atom is -0.495 e. The van der Waals surface area contributed by atoms with Gasteiger partial charge in [0.1, 0.15) is 16.3 Å². The minimum absolute atomic E-state index is 0.0178. The number of methoxy groups -OCH3 is 1. The first-order valence-corrected chi connectivity index (χ1v) is 10.7. The smallest absolute Gasteiger partial charge is 0.269 e. The number of nitrogens with zero attached hydrogens (tertiary/aromatic N) is 2. The number of benzene rings is 2. The molecular weight excluding hydrogens is 428 g/mol. The van der Waals surface area contributed by atoms with Gasteiger partial charge in [0.05, 0.1) is 12.8 Å². The molecule has 0 bridgehead atoms. The molecule has 0 atom stereocenters. The van der Waals surface area contributed by atoms with Crippen molar-refractivity contribution < 1.29 is 17.9 Å². The van der Waals surface area contributed by atoms with Crippen LogP contribution in [0.15, 0.2) is 53.4 Å². The maximum absolute atomic E-state index is 12.6. The highest BCUT2D eigenvalue weighted by Crippen LogP contribution is 2.30. The third kappa shape index (κ3) is 4.64. The standard InChI is InChI=1S/C20H21ClN4O4S/c1-25(2)30(27,28)19-10-14(6-9-18(19)29-3)16-11-17(24-23-16)20(26)22-12-13-4-7-15(21)8-5-13/h4-11H,12H2,1-3H3,(H,22,26)(H,23,24). The largest absolute Gasteiger partial charge is 0.495 e. The molecule has 158 valence electrons. The number of rotatable bonds is 7. The second kappa shape index (κ2) is 8.86. The molecule has 0 radical (unpaired) electrons. The SMILES string of the molecule is COc1ccc(-c2cc(C(=O)NCc3ccc(Cl)cc3)[nH]n2)cc1S(=O)(=O)N(C)C. The fraction of sp³-hybridized carbons (Fsp3) is 0.200. The lowest BCUT2D eigenvalue weighted by Crippen LogP contribution is -2.23. The molecule has 2 aromatic carbocycles. The predicted octanol–water partition coefficient (Wildman–Crippen LogP) is 2.92. The normalized spacial score (nSPS) is 11.5. The molecule has 0 aliphatic carbocycles. The van der Waals surface area contributed by atoms with Gasteiger partial charge in [-0.25, -0.2) is 12.7 Å². The summed E-state index contributed by atoms with van der Waals surface area (Å²) in [4.78, 5) is 12.4. The summed E-state index contributed by atoms with van der Waals surface area (Å²) >= 11 is 5.86. The molecule has 1 aromatic heterocycles. The zero-order valence-electron chi connectivity index (χ0n) is 16.6. The lowest BCUT2D eigenvalue weighted by atomic mass is 10.1. The zero-order valence-corrected chi connectivity index (χ0v) is 18.2. The van der Waals surface area contributed by atoms with Gasteiger partial charge in [-0.3, -0.25) is 9.89 Å². The van der Waals surface area contributed by atoms with Crippen molar-refractivity contribution in [3.05, 3.63) is 64.8 Å². The fourth-order valence-electron chi connectivity index (χ4n) is 2.70. The van der Waals surface area contributed by atoms with Crippen LogP contribution in [0.25, 0.3) is 11.3 Å². The Morgan fingerprint density at radius 1 is 1.17 bits per heavy atom. The number of hydrogen-bond acceptors (Lipinski definition) is 5. The molecule has 0 aliphatic heterocycles. The average molecular weight is 449 g/mol. The third-order valence-electron chi connectivity index (χ3n) is 4.41. The zero-order chi connectivity index (χ0) is 21.9. The van der Waals surface area contributed by atoms with Crippen LogP contribution in [0.2, 0.25) is 5.02 Å². The van der Waals surface area contributed by atoms with Crippen LogP contribution in [0, 0.1) is 0 Å². The molecule has 1 amide bonds. The summed E-state index contributed by atoms with van der Waals surface area (Å²) < 4.78 is 31.5. The van der Waals surface area contributed by atoms with E-state index in [1.54, 1.807) is 30.3 Å². The maximum Gasteiger partial charge on any atom is 0.269 e. The molecule has 0 aliphatic rings. The monoisotopic (exact) mass is 448 g/mol. The number of ether oxygens (including phenoxy) is 1. The van der Waals surface area contributed by atoms with Crippen LogP contribution in [-0.2, 0) is 16.6 Å². The van der Waals surface area contributed by atoms with Gasteiger partial charge in [0.15, 0.2) is 0 Å². The highest BCUT2D eigenvalue weighted by atomic mass is 35.5. The van der Waals surface area contributed by atoms with Crippen molar-refractivity contribution in [3.8, 4) is 17.0 Å². The van der Waals surface area contributed by atoms with Gasteiger partial charge < -0.3 is 10.1 Å². The Hall–Kier alpha value is -2.88. The van der Waals surface area contributed by atoms with Crippen molar-refractivity contribution in [2.75, 3.05) is 21.2 Å². The Morgan fingerprint density at radius 2 is 1.87 bits per heavy atom. The molecule has 30 heavy (non-hydrogen) atoms. The number of halogens is 1. The summed E-state index contributed by atoms with van der Waals surface area (Å²) in [6.07, 6.45) is 0. The van der Waals surface area contributed by atoms with Crippen LogP contribution in [0.5, 0.6) is 5.75 Å². The van der Waals surface area contributed by atoms with E-state index in [-0.39, 0.29) is 22.2 Å². The van der Waals surface area contributed by atoms with E-state index in [4.69, 9.17) is 16.3 Å². The summed E-state index contributed by atoms with van der Waals surface area (Å²) in [5.74, 6) is -0.109. The molecule has 0 saturated carbocycles. The van der Waals surface area contributed by atoms with Crippen LogP contribution in [-0.4, -0.2) is 50.0 Å². The summed E-state index contributed by atoms with van der Waals surface area (Å²) in [7, 11) is 0.571. The Morgan fingerprint density at radius 3 is 2.50 bits per heavy atom. The molecule has 1 heterocycles. The van der Waals surface area contributed by atoms with E-state index in [0.717, 1.165) is 9.87 Å². The van der Waals surface area contributed by atoms with Crippen LogP contribution in [0.4, 0.5) is 0 Å². The third-order valence-corrected chi connectivity index (χ3v) is 6.50. The van der Waals surface area contributed by atoms with Gasteiger partial charge in [-0.1, -0.05) is 23.7 Å². The van der Waals surface area contributed by atoms with Gasteiger partial charge in [-0.15, -0.1) is 0 Å². The summed E-state index contributed by atoms with van der Waals surface area (Å²) in [5, 5.41) is 10.2. The van der Waals surface area contributed by atoms with Gasteiger partial charge in [-0.05, 0) is 42.0 Å². The van der Waals surface area contributed by atoms with Crippen molar-refractivity contribution in [2.45, 2.75) is 11.4 Å². The summed E-state index contributed by atoms with van der Waals surface area (Å²) in [5.41, 5.74) is 2.13. The quantitative estimate of drug-likeness (QED) is 0.578. The number of sulfonamides is 1. The predicted molar refractivity (Wildman–Crippen MR) is 114 cm³/mol. The molecular formula is C20H21ClN4O4S. The first kappa shape index (κ1) is 21.8. The Balaban J connectivity index is 1.81. The van der Waals surface area contributed by atoms with Gasteiger partial charge in [-0.2, -0.15) is 5.10 Å². The molecule has 0 unspecified atom stereocenters. The van der Waals surface area contributed by atoms with Gasteiger partial charge >= 0.3 is 0 Å². The van der Waals surface area contributed by atoms with Crippen LogP contribution >= 0.6 is 11.6 Å². The van der Waals surface area contributed by atoms with Crippen molar-refractivity contribution >= 4 is 27.5 Å². The average Bonchev–Trinajstić information content (AvgIpc) is 3.23. The second-order valence-corrected chi connectivity index (χ2v) is 9.19. The van der Waals surface area contributed by atoms with E-state index in [2.05, 4.69) is 15.5 Å². The fourth-order valence-corrected chi connectivity index (χ4v) is 3.90. The van der Waals surface area contributed by atoms with Gasteiger partial charge in [0.25, 0.3) is 5.91 Å². The van der Waals surface area contributed by atoms with E-state index in [1.165, 1.54) is 27.3 Å². The van der Waals surface area contributed by atoms with E-state index < -0.39 is 10.0 Å². The van der Waals surface area contributed by atoms with Crippen LogP contribution < -0.4 is 10.1 Å². The van der Waals surface area contributed by atoms with Gasteiger partial charge in [0, 0.05) is 31.2 Å². The molecule has 10 heteroatoms. The second-order valence-electron chi connectivity index (χ2n) is 6.63. The highest BCUT2D eigenvalue weighted by molar-refractivity contribution is 7.89. The van der Waals surface area contributed by atoms with Crippen molar-refractivity contribution in [2.24, 2.45) is 0 Å². The maximum atomic E-state index is 12.6. The van der Waals surface area contributed by atoms with Crippen molar-refractivity contribution in [3.63, 3.8) is 0 Å². The molecule has 3 rings (SSSR count). The van der Waals surface area contributed by atoms with Gasteiger partial charge in [0.2, 0.25) is 10.0 Å². The van der Waals surface area contributed by atoms with E-state index in [0.29, 0.717) is 22.8 Å². The number of nitrogens with one attached hydrogen (secondary N) is 2. The van der Waals surface area contributed by atoms with E-state index in [9.17, 15) is 13.2 Å². The first-order chi connectivity index (χ1) is 14.2. The molecule has 0 fully saturated rings. The molecule has 0 spiro atoms.